The first-order valence-corrected chi connectivity index (χ1v) is 9.59. The van der Waals surface area contributed by atoms with Crippen LogP contribution in [0.25, 0.3) is 21.5 Å². The van der Waals surface area contributed by atoms with Crippen molar-refractivity contribution in [1.82, 2.24) is 14.9 Å². The van der Waals surface area contributed by atoms with Gasteiger partial charge in [-0.25, -0.2) is 4.79 Å². The van der Waals surface area contributed by atoms with E-state index in [1.54, 1.807) is 37.3 Å². The molecule has 0 bridgehead atoms. The summed E-state index contributed by atoms with van der Waals surface area (Å²) < 4.78 is 1.56. The molecule has 0 spiro atoms. The number of thiazole rings is 1. The summed E-state index contributed by atoms with van der Waals surface area (Å²) in [6, 6.07) is 9.43. The second-order valence-corrected chi connectivity index (χ2v) is 7.60. The highest BCUT2D eigenvalue weighted by Crippen LogP contribution is 2.31. The highest BCUT2D eigenvalue weighted by molar-refractivity contribution is 7.13. The number of nitrogens with zero attached hydrogens (tertiary/aromatic N) is 4. The molecule has 0 saturated carbocycles. The first-order valence-electron chi connectivity index (χ1n) is 8.71. The molecule has 1 N–H and O–H groups in total. The van der Waals surface area contributed by atoms with Crippen molar-refractivity contribution in [3.63, 3.8) is 0 Å². The number of aryl methyl sites for hydroxylation is 1. The molecule has 1 amide bonds. The van der Waals surface area contributed by atoms with Crippen molar-refractivity contribution in [2.24, 2.45) is 0 Å². The second-order valence-electron chi connectivity index (χ2n) is 6.74. The predicted molar refractivity (Wildman–Crippen MR) is 108 cm³/mol. The molecule has 0 aliphatic rings. The van der Waals surface area contributed by atoms with Crippen LogP contribution in [0.4, 0.5) is 4.79 Å². The van der Waals surface area contributed by atoms with Gasteiger partial charge in [-0.05, 0) is 17.9 Å². The molecule has 0 aliphatic carbocycles. The fourth-order valence-electron chi connectivity index (χ4n) is 3.04. The molecule has 0 atom stereocenters. The third-order valence-corrected chi connectivity index (χ3v) is 5.35. The van der Waals surface area contributed by atoms with E-state index in [0.29, 0.717) is 11.3 Å². The number of aliphatic hydroxyl groups is 1. The second kappa shape index (κ2) is 7.10. The van der Waals surface area contributed by atoms with E-state index in [2.05, 4.69) is 9.97 Å². The van der Waals surface area contributed by atoms with Crippen LogP contribution in [-0.4, -0.2) is 40.1 Å². The Bertz CT molecular complexity index is 1150. The maximum atomic E-state index is 12.6. The Labute approximate surface area is 166 Å². The number of benzene rings is 1. The van der Waals surface area contributed by atoms with Gasteiger partial charge in [0, 0.05) is 23.6 Å². The number of rotatable bonds is 3. The van der Waals surface area contributed by atoms with E-state index < -0.39 is 0 Å². The Morgan fingerprint density at radius 2 is 2.14 bits per heavy atom. The van der Waals surface area contributed by atoms with Crippen LogP contribution in [0.2, 0.25) is 0 Å². The zero-order valence-corrected chi connectivity index (χ0v) is 16.6. The summed E-state index contributed by atoms with van der Waals surface area (Å²) in [5, 5.41) is 14.3. The Morgan fingerprint density at radius 3 is 2.86 bits per heavy atom. The molecule has 4 rings (SSSR count). The maximum absolute atomic E-state index is 12.6. The SMILES string of the molecule is Cc1ccc2c([C-](O)c3c[s+][c-](-c4cccnc4)n3)c[n+](C(=O)N(C)C)[c-]2c1. The largest absolute Gasteiger partial charge is 0.441 e. The number of pyridine rings is 1. The van der Waals surface area contributed by atoms with E-state index in [1.807, 2.05) is 42.6 Å². The van der Waals surface area contributed by atoms with Gasteiger partial charge >= 0.3 is 6.03 Å². The molecule has 0 radical (unpaired) electrons. The van der Waals surface area contributed by atoms with Crippen molar-refractivity contribution in [2.75, 3.05) is 14.1 Å². The Hall–Kier alpha value is -3.16. The first-order chi connectivity index (χ1) is 13.5. The molecule has 4 aromatic rings. The summed E-state index contributed by atoms with van der Waals surface area (Å²) in [6.45, 7) is 1.97. The topological polar surface area (TPSA) is 70.2 Å². The van der Waals surface area contributed by atoms with Gasteiger partial charge < -0.3 is 10.1 Å². The van der Waals surface area contributed by atoms with Gasteiger partial charge in [-0.2, -0.15) is 6.07 Å². The number of fused-ring (bicyclic) bond motifs is 1. The standard InChI is InChI=1S/C21H19N4O2S/c1-13-6-7-15-16(11-25(18(15)9-13)21(27)24(2)3)19(26)17-12-28-20(23-17)14-5-4-8-22-10-14/h4-12,26H,1-3H3/q-1. The average Bonchev–Trinajstić information content (AvgIpc) is 3.32. The lowest BCUT2D eigenvalue weighted by Gasteiger charge is -2.16. The van der Waals surface area contributed by atoms with Crippen LogP contribution in [0.5, 0.6) is 0 Å². The number of carbonyl (C=O) groups is 1. The highest BCUT2D eigenvalue weighted by Gasteiger charge is 2.19. The summed E-state index contributed by atoms with van der Waals surface area (Å²) in [6.07, 6.45) is 5.17. The summed E-state index contributed by atoms with van der Waals surface area (Å²) in [5.41, 5.74) is 3.74. The van der Waals surface area contributed by atoms with Crippen LogP contribution in [0.3, 0.4) is 0 Å². The van der Waals surface area contributed by atoms with Crippen LogP contribution in [0.1, 0.15) is 16.8 Å². The van der Waals surface area contributed by atoms with Crippen LogP contribution < -0.4 is 4.57 Å². The molecule has 3 aromatic heterocycles. The number of hydrogen-bond acceptors (Lipinski definition) is 4. The summed E-state index contributed by atoms with van der Waals surface area (Å²) in [4.78, 5) is 22.8. The minimum absolute atomic E-state index is 0.0468. The van der Waals surface area contributed by atoms with Gasteiger partial charge in [0.05, 0.1) is 14.1 Å². The Morgan fingerprint density at radius 1 is 1.32 bits per heavy atom. The zero-order valence-electron chi connectivity index (χ0n) is 15.7. The molecule has 6 nitrogen and oxygen atoms in total. The molecule has 142 valence electrons. The molecule has 7 heteroatoms. The van der Waals surface area contributed by atoms with E-state index in [4.69, 9.17) is 0 Å². The molecular weight excluding hydrogens is 372 g/mol. The Balaban J connectivity index is 1.79. The number of aromatic nitrogens is 3. The summed E-state index contributed by atoms with van der Waals surface area (Å²) in [5.74, 6) is 0. The number of carbonyl (C=O) groups excluding carboxylic acids is 1. The van der Waals surface area contributed by atoms with Crippen LogP contribution in [0.15, 0.2) is 54.3 Å². The third kappa shape index (κ3) is 3.15. The van der Waals surface area contributed by atoms with Crippen molar-refractivity contribution in [1.29, 1.82) is 0 Å². The van der Waals surface area contributed by atoms with Crippen molar-refractivity contribution < 1.29 is 14.5 Å². The van der Waals surface area contributed by atoms with E-state index >= 15 is 0 Å². The minimum Gasteiger partial charge on any atom is -0.419 e. The van der Waals surface area contributed by atoms with Crippen LogP contribution in [0, 0.1) is 13.0 Å². The molecule has 3 heterocycles. The van der Waals surface area contributed by atoms with Gasteiger partial charge in [-0.15, -0.1) is 28.6 Å². The third-order valence-electron chi connectivity index (χ3n) is 4.46. The minimum atomic E-state index is -0.177. The number of aliphatic hydroxyl groups excluding tert-OH is 1. The summed E-state index contributed by atoms with van der Waals surface area (Å²) >= 11 is 1.44. The van der Waals surface area contributed by atoms with Crippen molar-refractivity contribution in [3.05, 3.63) is 77.2 Å². The molecule has 0 saturated heterocycles. The molecule has 28 heavy (non-hydrogen) atoms. The molecule has 0 aliphatic heterocycles. The van der Waals surface area contributed by atoms with Gasteiger partial charge in [-0.1, -0.05) is 19.1 Å². The molecular formula is C21H19N4O2S-. The van der Waals surface area contributed by atoms with Crippen LogP contribution in [-0.2, 0) is 0 Å². The van der Waals surface area contributed by atoms with Gasteiger partial charge in [0.25, 0.3) is 0 Å². The average molecular weight is 391 g/mol. The fourth-order valence-corrected chi connectivity index (χ4v) is 3.84. The van der Waals surface area contributed by atoms with E-state index in [9.17, 15) is 9.90 Å². The lowest BCUT2D eigenvalue weighted by molar-refractivity contribution is -0.547. The lowest BCUT2D eigenvalue weighted by atomic mass is 10.1. The fraction of sp³-hybridized carbons (Fsp3) is 0.143. The molecule has 1 aromatic carbocycles. The molecule has 0 unspecified atom stereocenters. The normalized spacial score (nSPS) is 11.0. The number of amides is 1. The monoisotopic (exact) mass is 391 g/mol. The predicted octanol–water partition coefficient (Wildman–Crippen LogP) is 3.50. The zero-order chi connectivity index (χ0) is 19.8. The van der Waals surface area contributed by atoms with Gasteiger partial charge in [0.15, 0.2) is 11.3 Å². The van der Waals surface area contributed by atoms with Crippen molar-refractivity contribution >= 4 is 28.3 Å². The smallest absolute Gasteiger partial charge is 0.419 e. The van der Waals surface area contributed by atoms with Crippen molar-refractivity contribution in [3.8, 4) is 10.6 Å². The number of hydrogen-bond donors (Lipinski definition) is 1. The van der Waals surface area contributed by atoms with E-state index in [0.717, 1.165) is 27.0 Å². The van der Waals surface area contributed by atoms with Gasteiger partial charge in [0.2, 0.25) is 5.01 Å². The summed E-state index contributed by atoms with van der Waals surface area (Å²) in [7, 11) is 3.40. The Kier molecular flexibility index (Phi) is 4.62. The lowest BCUT2D eigenvalue weighted by Crippen LogP contribution is -2.48. The van der Waals surface area contributed by atoms with Crippen molar-refractivity contribution in [2.45, 2.75) is 6.92 Å². The quantitative estimate of drug-likeness (QED) is 0.330. The maximum Gasteiger partial charge on any atom is 0.441 e. The van der Waals surface area contributed by atoms with Crippen LogP contribution >= 0.6 is 11.3 Å². The molecule has 0 fully saturated rings. The highest BCUT2D eigenvalue weighted by atomic mass is 32.1. The van der Waals surface area contributed by atoms with E-state index in [1.165, 1.54) is 16.2 Å². The van der Waals surface area contributed by atoms with E-state index in [-0.39, 0.29) is 12.1 Å². The van der Waals surface area contributed by atoms with Gasteiger partial charge in [0.1, 0.15) is 5.38 Å². The first kappa shape index (κ1) is 18.2. The van der Waals surface area contributed by atoms with Gasteiger partial charge in [-0.3, -0.25) is 14.5 Å².